The number of benzene rings is 1. The molecule has 0 radical (unpaired) electrons. The Kier molecular flexibility index (Phi) is 5.80. The second-order valence-corrected chi connectivity index (χ2v) is 6.05. The third kappa shape index (κ3) is 4.31. The molecule has 0 atom stereocenters. The molecule has 0 aliphatic carbocycles. The second-order valence-electron chi connectivity index (χ2n) is 6.05. The van der Waals surface area contributed by atoms with Crippen LogP contribution in [-0.2, 0) is 6.54 Å². The van der Waals surface area contributed by atoms with Gasteiger partial charge in [-0.15, -0.1) is 0 Å². The summed E-state index contributed by atoms with van der Waals surface area (Å²) in [6, 6.07) is 9.82. The molecule has 7 heteroatoms. The third-order valence-electron chi connectivity index (χ3n) is 4.37. The van der Waals surface area contributed by atoms with E-state index in [4.69, 9.17) is 0 Å². The van der Waals surface area contributed by atoms with Crippen molar-refractivity contribution < 1.29 is 9.18 Å². The van der Waals surface area contributed by atoms with Gasteiger partial charge in [-0.2, -0.15) is 5.10 Å². The van der Waals surface area contributed by atoms with E-state index in [9.17, 15) is 9.18 Å². The molecule has 0 saturated heterocycles. The van der Waals surface area contributed by atoms with E-state index < -0.39 is 0 Å². The molecular weight excluding hydrogens is 345 g/mol. The van der Waals surface area contributed by atoms with E-state index in [1.54, 1.807) is 18.3 Å². The first kappa shape index (κ1) is 18.6. The molecule has 0 aliphatic heterocycles. The standard InChI is InChI=1S/C20H22FN5O/c1-3-26(4-2)18-10-5-14(11-22-18)12-23-20(27)17-13-24-25-19(17)15-6-8-16(21)9-7-15/h5-11,13H,3-4,12H2,1-2H3,(H,23,27)(H,24,25). The number of aromatic nitrogens is 3. The fourth-order valence-corrected chi connectivity index (χ4v) is 2.83. The molecule has 3 rings (SSSR count). The summed E-state index contributed by atoms with van der Waals surface area (Å²) in [5.41, 5.74) is 2.58. The maximum Gasteiger partial charge on any atom is 0.255 e. The number of nitrogens with one attached hydrogen (secondary N) is 2. The summed E-state index contributed by atoms with van der Waals surface area (Å²) < 4.78 is 13.1. The Labute approximate surface area is 157 Å². The molecule has 0 saturated carbocycles. The van der Waals surface area contributed by atoms with Gasteiger partial charge in [-0.05, 0) is 49.7 Å². The van der Waals surface area contributed by atoms with Gasteiger partial charge < -0.3 is 10.2 Å². The number of hydrogen-bond donors (Lipinski definition) is 2. The number of nitrogens with zero attached hydrogens (tertiary/aromatic N) is 3. The van der Waals surface area contributed by atoms with Crippen LogP contribution in [0.15, 0.2) is 48.8 Å². The molecule has 0 aliphatic rings. The molecule has 0 fully saturated rings. The molecule has 0 unspecified atom stereocenters. The second kappa shape index (κ2) is 8.44. The topological polar surface area (TPSA) is 73.9 Å². The summed E-state index contributed by atoms with van der Waals surface area (Å²) in [6.07, 6.45) is 3.24. The predicted octanol–water partition coefficient (Wildman–Crippen LogP) is 3.39. The van der Waals surface area contributed by atoms with Gasteiger partial charge in [0.2, 0.25) is 0 Å². The molecule has 2 N–H and O–H groups in total. The van der Waals surface area contributed by atoms with Crippen molar-refractivity contribution in [1.82, 2.24) is 20.5 Å². The van der Waals surface area contributed by atoms with Crippen molar-refractivity contribution in [2.75, 3.05) is 18.0 Å². The minimum absolute atomic E-state index is 0.254. The van der Waals surface area contributed by atoms with Gasteiger partial charge in [0.1, 0.15) is 11.6 Å². The Hall–Kier alpha value is -3.22. The molecule has 27 heavy (non-hydrogen) atoms. The van der Waals surface area contributed by atoms with E-state index in [1.807, 2.05) is 12.1 Å². The van der Waals surface area contributed by atoms with E-state index in [1.165, 1.54) is 18.3 Å². The van der Waals surface area contributed by atoms with Crippen molar-refractivity contribution in [2.24, 2.45) is 0 Å². The van der Waals surface area contributed by atoms with Gasteiger partial charge in [-0.1, -0.05) is 6.07 Å². The van der Waals surface area contributed by atoms with E-state index in [0.29, 0.717) is 23.4 Å². The van der Waals surface area contributed by atoms with Crippen LogP contribution in [0.2, 0.25) is 0 Å². The van der Waals surface area contributed by atoms with Crippen molar-refractivity contribution in [3.05, 3.63) is 65.7 Å². The number of carbonyl (C=O) groups is 1. The Morgan fingerprint density at radius 3 is 2.48 bits per heavy atom. The smallest absolute Gasteiger partial charge is 0.255 e. The molecule has 1 amide bonds. The number of halogens is 1. The maximum absolute atomic E-state index is 13.1. The van der Waals surface area contributed by atoms with Crippen LogP contribution in [0.3, 0.4) is 0 Å². The lowest BCUT2D eigenvalue weighted by atomic mass is 10.1. The van der Waals surface area contributed by atoms with Gasteiger partial charge >= 0.3 is 0 Å². The molecule has 0 spiro atoms. The van der Waals surface area contributed by atoms with Crippen LogP contribution in [0.25, 0.3) is 11.3 Å². The van der Waals surface area contributed by atoms with Crippen LogP contribution in [0, 0.1) is 5.82 Å². The van der Waals surface area contributed by atoms with Gasteiger partial charge in [0, 0.05) is 31.4 Å². The number of carbonyl (C=O) groups excluding carboxylic acids is 1. The maximum atomic E-state index is 13.1. The highest BCUT2D eigenvalue weighted by atomic mass is 19.1. The minimum atomic E-state index is -0.329. The van der Waals surface area contributed by atoms with Crippen molar-refractivity contribution in [1.29, 1.82) is 0 Å². The van der Waals surface area contributed by atoms with E-state index in [-0.39, 0.29) is 11.7 Å². The van der Waals surface area contributed by atoms with E-state index in [0.717, 1.165) is 24.5 Å². The van der Waals surface area contributed by atoms with Gasteiger partial charge in [-0.25, -0.2) is 9.37 Å². The van der Waals surface area contributed by atoms with Crippen LogP contribution in [0.4, 0.5) is 10.2 Å². The molecule has 0 bridgehead atoms. The van der Waals surface area contributed by atoms with Gasteiger partial charge in [-0.3, -0.25) is 9.89 Å². The molecule has 3 aromatic rings. The van der Waals surface area contributed by atoms with Crippen molar-refractivity contribution in [3.63, 3.8) is 0 Å². The first-order valence-electron chi connectivity index (χ1n) is 8.89. The summed E-state index contributed by atoms with van der Waals surface area (Å²) in [4.78, 5) is 19.1. The van der Waals surface area contributed by atoms with Crippen LogP contribution in [-0.4, -0.2) is 34.2 Å². The first-order chi connectivity index (χ1) is 13.1. The number of amides is 1. The monoisotopic (exact) mass is 367 g/mol. The highest BCUT2D eigenvalue weighted by Crippen LogP contribution is 2.21. The van der Waals surface area contributed by atoms with Crippen LogP contribution in [0.5, 0.6) is 0 Å². The van der Waals surface area contributed by atoms with Crippen molar-refractivity contribution >= 4 is 11.7 Å². The minimum Gasteiger partial charge on any atom is -0.357 e. The molecule has 2 heterocycles. The lowest BCUT2D eigenvalue weighted by molar-refractivity contribution is 0.0951. The summed E-state index contributed by atoms with van der Waals surface area (Å²) in [5.74, 6) is 0.337. The zero-order valence-electron chi connectivity index (χ0n) is 15.4. The first-order valence-corrected chi connectivity index (χ1v) is 8.89. The highest BCUT2D eigenvalue weighted by molar-refractivity contribution is 5.99. The van der Waals surface area contributed by atoms with Gasteiger partial charge in [0.05, 0.1) is 17.5 Å². The molecule has 140 valence electrons. The van der Waals surface area contributed by atoms with Crippen molar-refractivity contribution in [3.8, 4) is 11.3 Å². The Morgan fingerprint density at radius 1 is 1.11 bits per heavy atom. The quantitative estimate of drug-likeness (QED) is 0.671. The zero-order valence-corrected chi connectivity index (χ0v) is 15.4. The number of hydrogen-bond acceptors (Lipinski definition) is 4. The van der Waals surface area contributed by atoms with Crippen LogP contribution in [0.1, 0.15) is 29.8 Å². The molecular formula is C20H22FN5O. The van der Waals surface area contributed by atoms with Crippen molar-refractivity contribution in [2.45, 2.75) is 20.4 Å². The fourth-order valence-electron chi connectivity index (χ4n) is 2.83. The van der Waals surface area contributed by atoms with Crippen LogP contribution >= 0.6 is 0 Å². The lowest BCUT2D eigenvalue weighted by Gasteiger charge is -2.19. The van der Waals surface area contributed by atoms with Crippen LogP contribution < -0.4 is 10.2 Å². The van der Waals surface area contributed by atoms with E-state index in [2.05, 4.69) is 39.2 Å². The summed E-state index contributed by atoms with van der Waals surface area (Å²) in [5, 5.41) is 9.62. The third-order valence-corrected chi connectivity index (χ3v) is 4.37. The number of pyridine rings is 1. The normalized spacial score (nSPS) is 10.6. The fraction of sp³-hybridized carbons (Fsp3) is 0.250. The summed E-state index contributed by atoms with van der Waals surface area (Å²) in [6.45, 7) is 6.32. The number of anilines is 1. The van der Waals surface area contributed by atoms with Gasteiger partial charge in [0.15, 0.2) is 0 Å². The number of rotatable bonds is 7. The number of aromatic amines is 1. The lowest BCUT2D eigenvalue weighted by Crippen LogP contribution is -2.24. The molecule has 6 nitrogen and oxygen atoms in total. The predicted molar refractivity (Wildman–Crippen MR) is 103 cm³/mol. The Balaban J connectivity index is 1.67. The SMILES string of the molecule is CCN(CC)c1ccc(CNC(=O)c2cn[nH]c2-c2ccc(F)cc2)cn1. The Morgan fingerprint density at radius 2 is 1.85 bits per heavy atom. The number of H-pyrrole nitrogens is 1. The largest absolute Gasteiger partial charge is 0.357 e. The molecule has 1 aromatic carbocycles. The average molecular weight is 367 g/mol. The zero-order chi connectivity index (χ0) is 19.2. The summed E-state index contributed by atoms with van der Waals surface area (Å²) >= 11 is 0. The highest BCUT2D eigenvalue weighted by Gasteiger charge is 2.15. The Bertz CT molecular complexity index is 885. The summed E-state index contributed by atoms with van der Waals surface area (Å²) in [7, 11) is 0. The van der Waals surface area contributed by atoms with E-state index >= 15 is 0 Å². The van der Waals surface area contributed by atoms with Gasteiger partial charge in [0.25, 0.3) is 5.91 Å². The molecule has 2 aromatic heterocycles. The average Bonchev–Trinajstić information content (AvgIpc) is 3.18.